The largest absolute Gasteiger partial charge is 0.416 e. The first-order valence-electron chi connectivity index (χ1n) is 9.57. The first-order chi connectivity index (χ1) is 14.3. The zero-order valence-electron chi connectivity index (χ0n) is 16.2. The molecule has 1 aliphatic heterocycles. The van der Waals surface area contributed by atoms with Crippen LogP contribution in [0.15, 0.2) is 53.1 Å². The van der Waals surface area contributed by atoms with Gasteiger partial charge in [0.2, 0.25) is 11.7 Å². The van der Waals surface area contributed by atoms with Gasteiger partial charge in [0.05, 0.1) is 17.3 Å². The molecule has 1 fully saturated rings. The maximum atomic E-state index is 14.0. The van der Waals surface area contributed by atoms with E-state index in [0.29, 0.717) is 37.8 Å². The van der Waals surface area contributed by atoms with Crippen molar-refractivity contribution in [3.05, 3.63) is 65.8 Å². The molecule has 30 heavy (non-hydrogen) atoms. The second-order valence-corrected chi connectivity index (χ2v) is 7.19. The Kier molecular flexibility index (Phi) is 5.46. The second kappa shape index (κ2) is 8.06. The van der Waals surface area contributed by atoms with Gasteiger partial charge in [-0.3, -0.25) is 4.90 Å². The molecule has 0 radical (unpaired) electrons. The number of aromatic nitrogens is 2. The number of alkyl halides is 3. The lowest BCUT2D eigenvalue weighted by molar-refractivity contribution is -0.137. The number of halogens is 4. The molecule has 0 bridgehead atoms. The van der Waals surface area contributed by atoms with E-state index in [-0.39, 0.29) is 23.2 Å². The maximum absolute atomic E-state index is 14.0. The van der Waals surface area contributed by atoms with Gasteiger partial charge in [-0.25, -0.2) is 4.39 Å². The fourth-order valence-corrected chi connectivity index (χ4v) is 3.57. The summed E-state index contributed by atoms with van der Waals surface area (Å²) in [6.07, 6.45) is -4.44. The van der Waals surface area contributed by atoms with Crippen LogP contribution >= 0.6 is 0 Å². The highest BCUT2D eigenvalue weighted by atomic mass is 19.4. The summed E-state index contributed by atoms with van der Waals surface area (Å²) in [6, 6.07) is 11.3. The van der Waals surface area contributed by atoms with E-state index in [1.807, 2.05) is 11.8 Å². The van der Waals surface area contributed by atoms with Crippen molar-refractivity contribution >= 4 is 5.69 Å². The molecule has 1 unspecified atom stereocenters. The van der Waals surface area contributed by atoms with Crippen molar-refractivity contribution in [2.75, 3.05) is 31.1 Å². The third-order valence-electron chi connectivity index (χ3n) is 5.30. The topological polar surface area (TPSA) is 45.4 Å². The van der Waals surface area contributed by atoms with Gasteiger partial charge in [-0.05, 0) is 31.2 Å². The first-order valence-corrected chi connectivity index (χ1v) is 9.57. The molecule has 158 valence electrons. The molecule has 2 aromatic carbocycles. The van der Waals surface area contributed by atoms with Crippen LogP contribution in [0.4, 0.5) is 23.2 Å². The van der Waals surface area contributed by atoms with Crippen molar-refractivity contribution in [2.24, 2.45) is 0 Å². The maximum Gasteiger partial charge on any atom is 0.416 e. The molecule has 5 nitrogen and oxygen atoms in total. The molecule has 0 amide bonds. The lowest BCUT2D eigenvalue weighted by Crippen LogP contribution is -2.47. The summed E-state index contributed by atoms with van der Waals surface area (Å²) >= 11 is 0. The predicted octanol–water partition coefficient (Wildman–Crippen LogP) is 4.78. The monoisotopic (exact) mass is 420 g/mol. The van der Waals surface area contributed by atoms with Gasteiger partial charge in [0.1, 0.15) is 5.82 Å². The minimum absolute atomic E-state index is 0.118. The number of rotatable bonds is 4. The van der Waals surface area contributed by atoms with Gasteiger partial charge < -0.3 is 9.42 Å². The van der Waals surface area contributed by atoms with Crippen molar-refractivity contribution < 1.29 is 22.1 Å². The Morgan fingerprint density at radius 2 is 1.73 bits per heavy atom. The Morgan fingerprint density at radius 3 is 2.43 bits per heavy atom. The normalized spacial score (nSPS) is 16.6. The van der Waals surface area contributed by atoms with Crippen LogP contribution in [0.1, 0.15) is 24.4 Å². The van der Waals surface area contributed by atoms with E-state index in [1.54, 1.807) is 18.2 Å². The van der Waals surface area contributed by atoms with Crippen LogP contribution in [0.5, 0.6) is 0 Å². The number of hydrogen-bond donors (Lipinski definition) is 0. The zero-order valence-corrected chi connectivity index (χ0v) is 16.2. The van der Waals surface area contributed by atoms with E-state index < -0.39 is 11.7 Å². The van der Waals surface area contributed by atoms with E-state index >= 15 is 0 Å². The summed E-state index contributed by atoms with van der Waals surface area (Å²) in [5, 5.41) is 3.86. The predicted molar refractivity (Wildman–Crippen MR) is 103 cm³/mol. The molecule has 9 heteroatoms. The average Bonchev–Trinajstić information content (AvgIpc) is 3.24. The summed E-state index contributed by atoms with van der Waals surface area (Å²) in [5.41, 5.74) is 0.0643. The van der Waals surface area contributed by atoms with E-state index in [4.69, 9.17) is 4.52 Å². The fourth-order valence-electron chi connectivity index (χ4n) is 3.57. The van der Waals surface area contributed by atoms with Gasteiger partial charge in [0, 0.05) is 31.7 Å². The summed E-state index contributed by atoms with van der Waals surface area (Å²) < 4.78 is 58.2. The molecule has 3 aromatic rings. The van der Waals surface area contributed by atoms with Crippen molar-refractivity contribution in [1.82, 2.24) is 15.0 Å². The fraction of sp³-hybridized carbons (Fsp3) is 0.333. The Morgan fingerprint density at radius 1 is 1.00 bits per heavy atom. The third-order valence-corrected chi connectivity index (χ3v) is 5.30. The molecule has 0 aliphatic carbocycles. The van der Waals surface area contributed by atoms with Crippen LogP contribution in [0.25, 0.3) is 11.4 Å². The van der Waals surface area contributed by atoms with Gasteiger partial charge in [-0.15, -0.1) is 0 Å². The third kappa shape index (κ3) is 4.16. The molecule has 1 aromatic heterocycles. The van der Waals surface area contributed by atoms with Crippen LogP contribution in [0.2, 0.25) is 0 Å². The number of para-hydroxylation sites is 1. The molecule has 4 rings (SSSR count). The molecular weight excluding hydrogens is 400 g/mol. The summed E-state index contributed by atoms with van der Waals surface area (Å²) in [4.78, 5) is 8.42. The summed E-state index contributed by atoms with van der Waals surface area (Å²) in [5.74, 6) is 0.205. The quantitative estimate of drug-likeness (QED) is 0.569. The van der Waals surface area contributed by atoms with Crippen LogP contribution < -0.4 is 4.90 Å². The van der Waals surface area contributed by atoms with Gasteiger partial charge in [-0.1, -0.05) is 29.4 Å². The van der Waals surface area contributed by atoms with Crippen LogP contribution in [0, 0.1) is 5.82 Å². The Bertz CT molecular complexity index is 1010. The smallest absolute Gasteiger partial charge is 0.367 e. The molecule has 1 atom stereocenters. The molecule has 0 spiro atoms. The average molecular weight is 420 g/mol. The Hall–Kier alpha value is -2.94. The number of nitrogens with zero attached hydrogens (tertiary/aromatic N) is 4. The van der Waals surface area contributed by atoms with Crippen molar-refractivity contribution in [2.45, 2.75) is 19.1 Å². The van der Waals surface area contributed by atoms with Gasteiger partial charge in [-0.2, -0.15) is 18.2 Å². The highest BCUT2D eigenvalue weighted by Crippen LogP contribution is 2.32. The van der Waals surface area contributed by atoms with Crippen LogP contribution in [-0.2, 0) is 6.18 Å². The molecule has 2 heterocycles. The van der Waals surface area contributed by atoms with E-state index in [2.05, 4.69) is 15.0 Å². The summed E-state index contributed by atoms with van der Waals surface area (Å²) in [7, 11) is 0. The lowest BCUT2D eigenvalue weighted by Gasteiger charge is -2.38. The highest BCUT2D eigenvalue weighted by molar-refractivity contribution is 5.55. The van der Waals surface area contributed by atoms with E-state index in [1.165, 1.54) is 18.2 Å². The number of anilines is 1. The van der Waals surface area contributed by atoms with Crippen LogP contribution in [-0.4, -0.2) is 41.2 Å². The molecule has 0 N–H and O–H groups in total. The van der Waals surface area contributed by atoms with Crippen molar-refractivity contribution in [1.29, 1.82) is 0 Å². The standard InChI is InChI=1S/C21H20F4N4O/c1-14(28-9-11-29(12-10-28)18-8-3-2-7-17(18)22)20-26-19(27-30-20)15-5-4-6-16(13-15)21(23,24)25/h2-8,13-14H,9-12H2,1H3. The lowest BCUT2D eigenvalue weighted by atomic mass is 10.1. The minimum Gasteiger partial charge on any atom is -0.367 e. The Labute approximate surface area is 170 Å². The number of benzene rings is 2. The van der Waals surface area contributed by atoms with Crippen molar-refractivity contribution in [3.63, 3.8) is 0 Å². The minimum atomic E-state index is -4.44. The number of piperazine rings is 1. The summed E-state index contributed by atoms with van der Waals surface area (Å²) in [6.45, 7) is 4.51. The Balaban J connectivity index is 1.44. The number of hydrogen-bond acceptors (Lipinski definition) is 5. The molecular formula is C21H20F4N4O. The SMILES string of the molecule is CC(c1nc(-c2cccc(C(F)(F)F)c2)no1)N1CCN(c2ccccc2F)CC1. The van der Waals surface area contributed by atoms with Crippen molar-refractivity contribution in [3.8, 4) is 11.4 Å². The van der Waals surface area contributed by atoms with Crippen LogP contribution in [0.3, 0.4) is 0 Å². The molecule has 1 saturated heterocycles. The van der Waals surface area contributed by atoms with Gasteiger partial charge in [0.25, 0.3) is 0 Å². The van der Waals surface area contributed by atoms with Gasteiger partial charge >= 0.3 is 6.18 Å². The molecule has 0 saturated carbocycles. The van der Waals surface area contributed by atoms with E-state index in [0.717, 1.165) is 12.1 Å². The highest BCUT2D eigenvalue weighted by Gasteiger charge is 2.31. The first kappa shape index (κ1) is 20.3. The van der Waals surface area contributed by atoms with Gasteiger partial charge in [0.15, 0.2) is 0 Å². The van der Waals surface area contributed by atoms with E-state index in [9.17, 15) is 17.6 Å². The zero-order chi connectivity index (χ0) is 21.3. The second-order valence-electron chi connectivity index (χ2n) is 7.19. The molecule has 1 aliphatic rings.